The highest BCUT2D eigenvalue weighted by Gasteiger charge is 2.44. The van der Waals surface area contributed by atoms with Gasteiger partial charge in [-0.15, -0.1) is 11.8 Å². The Kier molecular flexibility index (Phi) is 5.34. The average Bonchev–Trinajstić information content (AvgIpc) is 2.58. The summed E-state index contributed by atoms with van der Waals surface area (Å²) >= 11 is 1.44. The van der Waals surface area contributed by atoms with E-state index in [1.54, 1.807) is 13.8 Å². The number of nitrogens with two attached hydrogens (primary N) is 1. The van der Waals surface area contributed by atoms with Crippen LogP contribution in [0, 0.1) is 5.92 Å². The summed E-state index contributed by atoms with van der Waals surface area (Å²) in [5, 5.41) is -0.350. The van der Waals surface area contributed by atoms with Gasteiger partial charge in [0.1, 0.15) is 6.04 Å². The number of nitrogens with zero attached hydrogens (tertiary/aromatic N) is 1. The number of imide groups is 1. The zero-order chi connectivity index (χ0) is 13.9. The first-order chi connectivity index (χ1) is 8.43. The second-order valence-corrected chi connectivity index (χ2v) is 6.04. The molecule has 0 bridgehead atoms. The van der Waals surface area contributed by atoms with E-state index in [1.807, 2.05) is 6.92 Å². The number of likely N-dealkylation sites (tertiary alicyclic amines) is 1. The zero-order valence-electron chi connectivity index (χ0n) is 11.0. The summed E-state index contributed by atoms with van der Waals surface area (Å²) in [5.41, 5.74) is 5.56. The lowest BCUT2D eigenvalue weighted by Gasteiger charge is -2.25. The number of ketones is 1. The van der Waals surface area contributed by atoms with Crippen LogP contribution in [0.4, 0.5) is 0 Å². The van der Waals surface area contributed by atoms with E-state index in [2.05, 4.69) is 0 Å². The van der Waals surface area contributed by atoms with Gasteiger partial charge in [-0.05, 0) is 5.75 Å². The molecule has 1 unspecified atom stereocenters. The van der Waals surface area contributed by atoms with Crippen molar-refractivity contribution in [2.45, 2.75) is 38.5 Å². The topological polar surface area (TPSA) is 80.5 Å². The molecule has 102 valence electrons. The molecule has 0 spiro atoms. The highest BCUT2D eigenvalue weighted by Crippen LogP contribution is 2.27. The smallest absolute Gasteiger partial charge is 0.243 e. The molecule has 0 aromatic heterocycles. The summed E-state index contributed by atoms with van der Waals surface area (Å²) in [7, 11) is 0. The van der Waals surface area contributed by atoms with Gasteiger partial charge in [0.15, 0.2) is 5.78 Å². The molecule has 1 rings (SSSR count). The molecule has 2 N–H and O–H groups in total. The molecule has 0 aromatic rings. The molecule has 2 amide bonds. The van der Waals surface area contributed by atoms with Crippen LogP contribution in [0.3, 0.4) is 0 Å². The molecule has 2 atom stereocenters. The molecule has 0 aliphatic carbocycles. The van der Waals surface area contributed by atoms with Gasteiger partial charge in [-0.25, -0.2) is 0 Å². The lowest BCUT2D eigenvalue weighted by Crippen LogP contribution is -2.50. The molecule has 18 heavy (non-hydrogen) atoms. The van der Waals surface area contributed by atoms with E-state index >= 15 is 0 Å². The number of Topliss-reactive ketones (excluding diaryl/α,β-unsaturated/α-hetero) is 1. The number of thioether (sulfide) groups is 1. The number of amides is 2. The molecule has 1 aliphatic heterocycles. The van der Waals surface area contributed by atoms with Gasteiger partial charge in [0, 0.05) is 18.9 Å². The van der Waals surface area contributed by atoms with Crippen LogP contribution in [-0.4, -0.2) is 46.1 Å². The Morgan fingerprint density at radius 2 is 2.11 bits per heavy atom. The van der Waals surface area contributed by atoms with Crippen LogP contribution in [0.25, 0.3) is 0 Å². The van der Waals surface area contributed by atoms with E-state index in [0.717, 1.165) is 10.7 Å². The maximum absolute atomic E-state index is 12.1. The predicted molar refractivity (Wildman–Crippen MR) is 71.1 cm³/mol. The van der Waals surface area contributed by atoms with E-state index in [1.165, 1.54) is 11.8 Å². The third-order valence-corrected chi connectivity index (χ3v) is 4.05. The van der Waals surface area contributed by atoms with Gasteiger partial charge in [-0.2, -0.15) is 0 Å². The summed E-state index contributed by atoms with van der Waals surface area (Å²) in [4.78, 5) is 37.1. The Labute approximate surface area is 111 Å². The molecule has 1 aliphatic rings. The van der Waals surface area contributed by atoms with Crippen LogP contribution in [0.15, 0.2) is 0 Å². The maximum Gasteiger partial charge on any atom is 0.243 e. The first-order valence-electron chi connectivity index (χ1n) is 6.15. The lowest BCUT2D eigenvalue weighted by atomic mass is 10.0. The van der Waals surface area contributed by atoms with E-state index in [4.69, 9.17) is 5.73 Å². The van der Waals surface area contributed by atoms with Gasteiger partial charge >= 0.3 is 0 Å². The third-order valence-electron chi connectivity index (χ3n) is 2.94. The maximum atomic E-state index is 12.1. The Bertz CT molecular complexity index is 357. The Hall–Kier alpha value is -0.880. The molecule has 0 aromatic carbocycles. The second-order valence-electron chi connectivity index (χ2n) is 4.56. The number of hydrogen-bond acceptors (Lipinski definition) is 5. The zero-order valence-corrected chi connectivity index (χ0v) is 11.8. The van der Waals surface area contributed by atoms with Crippen molar-refractivity contribution in [3.63, 3.8) is 0 Å². The molecule has 1 fully saturated rings. The van der Waals surface area contributed by atoms with Crippen LogP contribution in [0.5, 0.6) is 0 Å². The van der Waals surface area contributed by atoms with Gasteiger partial charge < -0.3 is 5.73 Å². The first-order valence-corrected chi connectivity index (χ1v) is 7.20. The summed E-state index contributed by atoms with van der Waals surface area (Å²) in [5.74, 6) is -0.173. The van der Waals surface area contributed by atoms with Crippen LogP contribution in [0.2, 0.25) is 0 Å². The summed E-state index contributed by atoms with van der Waals surface area (Å²) in [6.07, 6.45) is 0.180. The standard InChI is InChI=1S/C12H20N2O3S/c1-4-18-9-5-10(15)14(12(9)17)8(6-13)11(16)7(2)3/h7-9H,4-6,13H2,1-3H3/t8-,9?/m0/s1. The fourth-order valence-electron chi connectivity index (χ4n) is 2.01. The van der Waals surface area contributed by atoms with Gasteiger partial charge in [-0.3, -0.25) is 19.3 Å². The average molecular weight is 272 g/mol. The minimum Gasteiger partial charge on any atom is -0.328 e. The minimum absolute atomic E-state index is 0.00198. The van der Waals surface area contributed by atoms with Crippen LogP contribution in [-0.2, 0) is 14.4 Å². The summed E-state index contributed by atoms with van der Waals surface area (Å²) in [6.45, 7) is 5.42. The second kappa shape index (κ2) is 6.33. The summed E-state index contributed by atoms with van der Waals surface area (Å²) < 4.78 is 0. The fourth-order valence-corrected chi connectivity index (χ4v) is 2.93. The third kappa shape index (κ3) is 2.92. The number of hydrogen-bond donors (Lipinski definition) is 1. The van der Waals surface area contributed by atoms with Crippen molar-refractivity contribution in [1.29, 1.82) is 0 Å². The molecular weight excluding hydrogens is 252 g/mol. The SMILES string of the molecule is CCSC1CC(=O)N([C@@H](CN)C(=O)C(C)C)C1=O. The van der Waals surface area contributed by atoms with Crippen molar-refractivity contribution in [2.24, 2.45) is 11.7 Å². The fraction of sp³-hybridized carbons (Fsp3) is 0.750. The predicted octanol–water partition coefficient (Wildman–Crippen LogP) is 0.419. The number of rotatable bonds is 6. The van der Waals surface area contributed by atoms with E-state index in [-0.39, 0.29) is 41.7 Å². The Morgan fingerprint density at radius 1 is 1.50 bits per heavy atom. The van der Waals surface area contributed by atoms with E-state index < -0.39 is 6.04 Å². The quantitative estimate of drug-likeness (QED) is 0.709. The molecule has 1 saturated heterocycles. The number of carbonyl (C=O) groups excluding carboxylic acids is 3. The minimum atomic E-state index is -0.799. The lowest BCUT2D eigenvalue weighted by molar-refractivity contribution is -0.146. The first kappa shape index (κ1) is 15.2. The molecular formula is C12H20N2O3S. The van der Waals surface area contributed by atoms with Crippen LogP contribution >= 0.6 is 11.8 Å². The molecule has 6 heteroatoms. The van der Waals surface area contributed by atoms with Crippen molar-refractivity contribution < 1.29 is 14.4 Å². The highest BCUT2D eigenvalue weighted by molar-refractivity contribution is 8.00. The highest BCUT2D eigenvalue weighted by atomic mass is 32.2. The van der Waals surface area contributed by atoms with Crippen molar-refractivity contribution in [1.82, 2.24) is 4.90 Å². The largest absolute Gasteiger partial charge is 0.328 e. The Morgan fingerprint density at radius 3 is 2.56 bits per heavy atom. The van der Waals surface area contributed by atoms with Crippen molar-refractivity contribution in [2.75, 3.05) is 12.3 Å². The summed E-state index contributed by atoms with van der Waals surface area (Å²) in [6, 6.07) is -0.799. The molecule has 0 radical (unpaired) electrons. The van der Waals surface area contributed by atoms with Gasteiger partial charge in [0.25, 0.3) is 0 Å². The van der Waals surface area contributed by atoms with Crippen molar-refractivity contribution in [3.05, 3.63) is 0 Å². The van der Waals surface area contributed by atoms with Crippen LogP contribution < -0.4 is 5.73 Å². The van der Waals surface area contributed by atoms with Gasteiger partial charge in [0.05, 0.1) is 5.25 Å². The molecule has 5 nitrogen and oxygen atoms in total. The normalized spacial score (nSPS) is 21.8. The number of carbonyl (C=O) groups is 3. The van der Waals surface area contributed by atoms with Crippen molar-refractivity contribution in [3.8, 4) is 0 Å². The van der Waals surface area contributed by atoms with Gasteiger partial charge in [0.2, 0.25) is 11.8 Å². The van der Waals surface area contributed by atoms with Crippen LogP contribution in [0.1, 0.15) is 27.2 Å². The molecule has 1 heterocycles. The monoisotopic (exact) mass is 272 g/mol. The Balaban J connectivity index is 2.90. The molecule has 0 saturated carbocycles. The van der Waals surface area contributed by atoms with Crippen molar-refractivity contribution >= 4 is 29.4 Å². The van der Waals surface area contributed by atoms with E-state index in [9.17, 15) is 14.4 Å². The van der Waals surface area contributed by atoms with Gasteiger partial charge in [-0.1, -0.05) is 20.8 Å². The van der Waals surface area contributed by atoms with E-state index in [0.29, 0.717) is 0 Å².